The van der Waals surface area contributed by atoms with Crippen LogP contribution in [0.2, 0.25) is 0 Å². The zero-order valence-corrected chi connectivity index (χ0v) is 60.2. The fourth-order valence-corrected chi connectivity index (χ4v) is 9.41. The number of nitrogens with zero attached hydrogens (tertiary/aromatic N) is 4. The molecule has 2 aromatic carbocycles. The number of para-hydroxylation sites is 2. The molecule has 5 atom stereocenters. The maximum atomic E-state index is 13.1. The van der Waals surface area contributed by atoms with Crippen molar-refractivity contribution in [2.75, 3.05) is 99.0 Å². The summed E-state index contributed by atoms with van der Waals surface area (Å²) in [6.07, 6.45) is 8.28. The number of carbonyl (C=O) groups is 5. The van der Waals surface area contributed by atoms with Crippen molar-refractivity contribution in [1.29, 1.82) is 0 Å². The molecule has 1 saturated heterocycles. The van der Waals surface area contributed by atoms with Gasteiger partial charge in [0.05, 0.1) is 70.2 Å². The number of carbonyl (C=O) groups excluding carboxylic acids is 5. The number of aromatic nitrogens is 4. The van der Waals surface area contributed by atoms with Crippen LogP contribution in [0.5, 0.6) is 23.0 Å². The zero-order valence-electron chi connectivity index (χ0n) is 57.6. The van der Waals surface area contributed by atoms with E-state index in [0.29, 0.717) is 114 Å². The van der Waals surface area contributed by atoms with Gasteiger partial charge in [0.2, 0.25) is 6.10 Å². The van der Waals surface area contributed by atoms with Crippen molar-refractivity contribution in [3.05, 3.63) is 90.0 Å². The first kappa shape index (κ1) is 92.3. The summed E-state index contributed by atoms with van der Waals surface area (Å²) in [6, 6.07) is 16.8. The molecule has 0 aliphatic carbocycles. The summed E-state index contributed by atoms with van der Waals surface area (Å²) in [5.74, 6) is -0.391. The van der Waals surface area contributed by atoms with Gasteiger partial charge in [-0.05, 0) is 68.9 Å². The van der Waals surface area contributed by atoms with E-state index < -0.39 is 77.9 Å². The summed E-state index contributed by atoms with van der Waals surface area (Å²) < 4.78 is 258. The molecule has 0 saturated carbocycles. The Balaban J connectivity index is 0.00000118. The van der Waals surface area contributed by atoms with Crippen LogP contribution in [0.25, 0.3) is 0 Å². The van der Waals surface area contributed by atoms with Gasteiger partial charge in [-0.2, -0.15) is 4.57 Å². The number of esters is 4. The monoisotopic (exact) mass is 1610 g/mol. The predicted molar refractivity (Wildman–Crippen MR) is 340 cm³/mol. The molecule has 3 N–H and O–H groups in total. The fraction of sp³-hybridized carbons (Fsp3) is 0.600. The average molecular weight is 1620 g/mol. The van der Waals surface area contributed by atoms with Crippen molar-refractivity contribution in [2.24, 2.45) is 7.05 Å². The second kappa shape index (κ2) is 38.7. The Morgan fingerprint density at radius 3 is 1.44 bits per heavy atom. The molecule has 2 aromatic heterocycles. The van der Waals surface area contributed by atoms with Crippen LogP contribution in [-0.4, -0.2) is 163 Å². The van der Waals surface area contributed by atoms with Crippen LogP contribution >= 0.6 is 23.4 Å². The van der Waals surface area contributed by atoms with Crippen LogP contribution in [0.4, 0.5) is 75.5 Å². The molecule has 2 aliphatic heterocycles. The minimum atomic E-state index is -10.7. The van der Waals surface area contributed by atoms with Gasteiger partial charge in [-0.15, -0.1) is 9.36 Å². The van der Waals surface area contributed by atoms with Gasteiger partial charge in [-0.3, -0.25) is 24.0 Å². The van der Waals surface area contributed by atoms with Gasteiger partial charge in [-0.1, -0.05) is 25.0 Å². The normalized spacial score (nSPS) is 20.2. The molecule has 45 heteroatoms. The molecular formula is C60H87F18N6O18P3. The molecule has 4 aromatic rings. The summed E-state index contributed by atoms with van der Waals surface area (Å²) in [5, 5.41) is 10.0. The van der Waals surface area contributed by atoms with Crippen LogP contribution in [0.3, 0.4) is 0 Å². The van der Waals surface area contributed by atoms with Crippen LogP contribution < -0.4 is 38.8 Å². The maximum absolute atomic E-state index is 13.1. The minimum absolute atomic E-state index is 0.274. The van der Waals surface area contributed by atoms with Crippen LogP contribution in [0.1, 0.15) is 107 Å². The van der Waals surface area contributed by atoms with Gasteiger partial charge < -0.3 is 72.2 Å². The molecule has 1 fully saturated rings. The first-order valence-electron chi connectivity index (χ1n) is 32.3. The van der Waals surface area contributed by atoms with E-state index in [4.69, 9.17) is 66.8 Å². The van der Waals surface area contributed by atoms with E-state index >= 15 is 0 Å². The summed E-state index contributed by atoms with van der Waals surface area (Å²) in [5.41, 5.74) is 2.74. The summed E-state index contributed by atoms with van der Waals surface area (Å²) in [4.78, 5) is 61.4. The molecule has 4 heterocycles. The number of rotatable bonds is 23. The zero-order chi connectivity index (χ0) is 79.0. The Labute approximate surface area is 590 Å². The number of hydrogen-bond donors (Lipinski definition) is 2. The molecule has 0 radical (unpaired) electrons. The first-order valence-corrected chi connectivity index (χ1v) is 38.3. The molecule has 606 valence electrons. The predicted octanol–water partition coefficient (Wildman–Crippen LogP) is 13.6. The van der Waals surface area contributed by atoms with E-state index in [1.807, 2.05) is 52.8 Å². The Bertz CT molecular complexity index is 3280. The third-order valence-electron chi connectivity index (χ3n) is 13.5. The van der Waals surface area contributed by atoms with Gasteiger partial charge >= 0.3 is 129 Å². The second-order valence-corrected chi connectivity index (χ2v) is 28.8. The molecule has 1 amide bonds. The molecule has 2 aliphatic rings. The third-order valence-corrected chi connectivity index (χ3v) is 13.5. The van der Waals surface area contributed by atoms with Crippen molar-refractivity contribution in [2.45, 2.75) is 129 Å². The molecule has 0 unspecified atom stereocenters. The average Bonchev–Trinajstić information content (AvgIpc) is 1.28. The van der Waals surface area contributed by atoms with Crippen molar-refractivity contribution >= 4 is 53.2 Å². The van der Waals surface area contributed by atoms with Crippen molar-refractivity contribution in [3.8, 4) is 23.0 Å². The number of pyridine rings is 1. The fourth-order valence-electron chi connectivity index (χ4n) is 9.41. The number of nitrogens with two attached hydrogens (primary N) is 1. The molecule has 0 bridgehead atoms. The number of benzene rings is 2. The number of halogens is 18. The Morgan fingerprint density at radius 2 is 0.952 bits per heavy atom. The number of nitrogens with one attached hydrogen (secondary N) is 1. The van der Waals surface area contributed by atoms with Crippen LogP contribution in [0, 0.1) is 0 Å². The number of hydrogen-bond acceptors (Lipinski definition) is 19. The standard InChI is InChI=1S/C60H85N6O18.3F6P/c1-44(67)80-43-55-56(81-45(2)68)57(82-46(3)69)58(83-47(4)70)60(84-55)65-26-21-49(22-27-65)59(71)62-24-14-8-9-15-25-66-42-50(64(5)63-66)16-10-6-7-13-23-61-41-48-19-20-53-54(40-48)79-39-35-75-31-30-73-33-37-77-52-18-12-11-17-51(52)76-36-32-72-28-29-74-34-38-78-53;3*1-7(2,3,4,5)6/h11-12,17-22,26-27,40,42,55-58,60-61H,6-10,13-16,23-25,28-39,41,43H2,1-5H3;;;/q+1;3*-1/p+2/t55-,56-,57+,58+,60+;;;/m1.../s1. The topological polar surface area (TPSA) is 260 Å². The first-order chi connectivity index (χ1) is 48.2. The van der Waals surface area contributed by atoms with Gasteiger partial charge in [-0.25, -0.2) is 0 Å². The number of quaternary nitrogens is 1. The summed E-state index contributed by atoms with van der Waals surface area (Å²) >= 11 is 0. The summed E-state index contributed by atoms with van der Waals surface area (Å²) in [6.45, 7) is 12.4. The molecular weight excluding hydrogens is 1530 g/mol. The van der Waals surface area contributed by atoms with Gasteiger partial charge in [0.25, 0.3) is 5.91 Å². The van der Waals surface area contributed by atoms with Gasteiger partial charge in [0.15, 0.2) is 59.5 Å². The third kappa shape index (κ3) is 51.1. The van der Waals surface area contributed by atoms with E-state index in [1.54, 1.807) is 24.5 Å². The van der Waals surface area contributed by atoms with E-state index in [9.17, 15) is 99.5 Å². The van der Waals surface area contributed by atoms with E-state index in [1.165, 1.54) is 24.1 Å². The molecule has 6 rings (SSSR count). The molecule has 24 nitrogen and oxygen atoms in total. The Kier molecular flexibility index (Phi) is 34.0. The SMILES string of the molecule is CC(=O)OC[C@H]1O[C@H]([n+]2ccc(C(=O)NCCCCCC[n+]3cc(CCCCCC[NH2+]Cc4ccc5c(c4)OCCOCCOCCOc4ccccc4OCCOCCOCCO5)n(C)n3)cc2)[C@@H](OC(C)=O)[C@@H](OC(C)=O)[C@@H]1OC(C)=O.F[P-](F)(F)(F)(F)F.F[P-](F)(F)(F)(F)F.F[P-](F)(F)(F)(F)F. The van der Waals surface area contributed by atoms with Crippen molar-refractivity contribution in [3.63, 3.8) is 0 Å². The summed E-state index contributed by atoms with van der Waals surface area (Å²) in [7, 11) is -30.0. The van der Waals surface area contributed by atoms with Gasteiger partial charge in [0, 0.05) is 58.4 Å². The van der Waals surface area contributed by atoms with E-state index in [2.05, 4.69) is 22.9 Å². The van der Waals surface area contributed by atoms with E-state index in [-0.39, 0.29) is 12.5 Å². The quantitative estimate of drug-likeness (QED) is 0.0175. The van der Waals surface area contributed by atoms with Crippen LogP contribution in [-0.2, 0) is 88.4 Å². The molecule has 105 heavy (non-hydrogen) atoms. The second-order valence-electron chi connectivity index (χ2n) is 23.1. The van der Waals surface area contributed by atoms with Gasteiger partial charge in [0.1, 0.15) is 59.3 Å². The Morgan fingerprint density at radius 1 is 0.524 bits per heavy atom. The number of aryl methyl sites for hydroxylation is 3. The number of unbranched alkanes of at least 4 members (excludes halogenated alkanes) is 6. The number of fused-ring (bicyclic) bond motifs is 2. The Hall–Kier alpha value is -6.93. The van der Waals surface area contributed by atoms with Crippen molar-refractivity contribution < 1.29 is 176 Å². The number of ether oxygens (including phenoxy) is 13. The number of amides is 1. The van der Waals surface area contributed by atoms with Crippen LogP contribution in [0.15, 0.2) is 73.2 Å². The molecule has 0 spiro atoms. The van der Waals surface area contributed by atoms with E-state index in [0.717, 1.165) is 96.8 Å². The van der Waals surface area contributed by atoms with Crippen molar-refractivity contribution in [1.82, 2.24) is 15.2 Å².